The van der Waals surface area contributed by atoms with Gasteiger partial charge in [0.2, 0.25) is 0 Å². The van der Waals surface area contributed by atoms with Gasteiger partial charge >= 0.3 is 0 Å². The molecule has 0 aliphatic heterocycles. The maximum absolute atomic E-state index is 12.7. The molecule has 1 atom stereocenters. The molecular formula is C13H17FN4. The molecule has 0 fully saturated rings. The third-order valence-corrected chi connectivity index (χ3v) is 2.95. The van der Waals surface area contributed by atoms with Gasteiger partial charge in [-0.25, -0.2) is 4.39 Å². The molecular weight excluding hydrogens is 231 g/mol. The topological polar surface area (TPSA) is 42.7 Å². The number of hydrogen-bond donors (Lipinski definition) is 1. The number of hydrogen-bond acceptors (Lipinski definition) is 3. The van der Waals surface area contributed by atoms with Crippen LogP contribution in [-0.2, 0) is 13.5 Å². The molecule has 96 valence electrons. The first-order valence-corrected chi connectivity index (χ1v) is 5.98. The van der Waals surface area contributed by atoms with E-state index in [0.29, 0.717) is 0 Å². The quantitative estimate of drug-likeness (QED) is 0.878. The molecule has 0 aliphatic rings. The van der Waals surface area contributed by atoms with Crippen LogP contribution in [0.3, 0.4) is 0 Å². The Labute approximate surface area is 106 Å². The summed E-state index contributed by atoms with van der Waals surface area (Å²) in [6, 6.07) is 5.25. The molecule has 0 aliphatic carbocycles. The molecule has 0 aromatic carbocycles. The van der Waals surface area contributed by atoms with Gasteiger partial charge in [0.25, 0.3) is 0 Å². The first-order valence-electron chi connectivity index (χ1n) is 5.98. The number of nitrogens with zero attached hydrogens (tertiary/aromatic N) is 3. The van der Waals surface area contributed by atoms with E-state index in [1.165, 1.54) is 18.0 Å². The summed E-state index contributed by atoms with van der Waals surface area (Å²) in [5.41, 5.74) is 2.03. The first-order chi connectivity index (χ1) is 8.66. The van der Waals surface area contributed by atoms with Gasteiger partial charge in [0.05, 0.1) is 11.9 Å². The molecule has 0 radical (unpaired) electrons. The van der Waals surface area contributed by atoms with Crippen molar-refractivity contribution in [3.05, 3.63) is 47.8 Å². The standard InChI is InChI=1S/C13H17FN4/c1-10(13-4-3-11(14)9-16-13)15-7-5-12-6-8-17-18(12)2/h3-4,6,8-10,15H,5,7H2,1-2H3. The van der Waals surface area contributed by atoms with E-state index < -0.39 is 0 Å². The van der Waals surface area contributed by atoms with Crippen molar-refractivity contribution in [1.29, 1.82) is 0 Å². The Kier molecular flexibility index (Phi) is 4.04. The highest BCUT2D eigenvalue weighted by atomic mass is 19.1. The number of nitrogens with one attached hydrogen (secondary N) is 1. The molecule has 18 heavy (non-hydrogen) atoms. The van der Waals surface area contributed by atoms with Crippen LogP contribution in [0.2, 0.25) is 0 Å². The molecule has 1 unspecified atom stereocenters. The highest BCUT2D eigenvalue weighted by Crippen LogP contribution is 2.09. The number of aryl methyl sites for hydroxylation is 1. The normalized spacial score (nSPS) is 12.6. The van der Waals surface area contributed by atoms with E-state index in [4.69, 9.17) is 0 Å². The van der Waals surface area contributed by atoms with Crippen molar-refractivity contribution in [2.24, 2.45) is 7.05 Å². The van der Waals surface area contributed by atoms with Crippen molar-refractivity contribution >= 4 is 0 Å². The molecule has 2 aromatic rings. The van der Waals surface area contributed by atoms with E-state index in [1.807, 2.05) is 24.7 Å². The van der Waals surface area contributed by atoms with Gasteiger partial charge < -0.3 is 5.32 Å². The minimum atomic E-state index is -0.305. The van der Waals surface area contributed by atoms with Gasteiger partial charge in [0, 0.05) is 37.9 Å². The lowest BCUT2D eigenvalue weighted by Crippen LogP contribution is -2.22. The third-order valence-electron chi connectivity index (χ3n) is 2.95. The zero-order valence-electron chi connectivity index (χ0n) is 10.6. The lowest BCUT2D eigenvalue weighted by Gasteiger charge is -2.13. The van der Waals surface area contributed by atoms with Crippen LogP contribution in [0, 0.1) is 5.82 Å². The van der Waals surface area contributed by atoms with Crippen molar-refractivity contribution in [1.82, 2.24) is 20.1 Å². The minimum Gasteiger partial charge on any atom is -0.308 e. The SMILES string of the molecule is CC(NCCc1ccnn1C)c1ccc(F)cn1. The molecule has 0 amide bonds. The average molecular weight is 248 g/mol. The molecule has 4 nitrogen and oxygen atoms in total. The van der Waals surface area contributed by atoms with Crippen molar-refractivity contribution in [2.45, 2.75) is 19.4 Å². The van der Waals surface area contributed by atoms with Crippen molar-refractivity contribution < 1.29 is 4.39 Å². The van der Waals surface area contributed by atoms with Gasteiger partial charge in [-0.05, 0) is 25.1 Å². The summed E-state index contributed by atoms with van der Waals surface area (Å²) >= 11 is 0. The molecule has 5 heteroatoms. The van der Waals surface area contributed by atoms with Gasteiger partial charge in [0.1, 0.15) is 5.82 Å². The van der Waals surface area contributed by atoms with Gasteiger partial charge in [-0.1, -0.05) is 0 Å². The maximum atomic E-state index is 12.7. The number of rotatable bonds is 5. The summed E-state index contributed by atoms with van der Waals surface area (Å²) in [5, 5.41) is 7.47. The van der Waals surface area contributed by atoms with E-state index in [1.54, 1.807) is 12.3 Å². The summed E-state index contributed by atoms with van der Waals surface area (Å²) in [6.45, 7) is 2.85. The Bertz CT molecular complexity index is 492. The van der Waals surface area contributed by atoms with E-state index >= 15 is 0 Å². The van der Waals surface area contributed by atoms with Crippen molar-refractivity contribution in [3.63, 3.8) is 0 Å². The summed E-state index contributed by atoms with van der Waals surface area (Å²) < 4.78 is 14.6. The largest absolute Gasteiger partial charge is 0.308 e. The van der Waals surface area contributed by atoms with Gasteiger partial charge in [-0.3, -0.25) is 9.67 Å². The Morgan fingerprint density at radius 2 is 2.22 bits per heavy atom. The Hall–Kier alpha value is -1.75. The summed E-state index contributed by atoms with van der Waals surface area (Å²) in [4.78, 5) is 4.06. The zero-order valence-corrected chi connectivity index (χ0v) is 10.6. The van der Waals surface area contributed by atoms with Crippen LogP contribution in [-0.4, -0.2) is 21.3 Å². The van der Waals surface area contributed by atoms with E-state index in [-0.39, 0.29) is 11.9 Å². The Balaban J connectivity index is 1.83. The predicted octanol–water partition coefficient (Wildman–Crippen LogP) is 1.85. The molecule has 2 aromatic heterocycles. The highest BCUT2D eigenvalue weighted by Gasteiger charge is 2.06. The number of aromatic nitrogens is 3. The Morgan fingerprint density at radius 3 is 2.83 bits per heavy atom. The lowest BCUT2D eigenvalue weighted by atomic mass is 10.2. The molecule has 0 saturated heterocycles. The molecule has 2 heterocycles. The van der Waals surface area contributed by atoms with Crippen LogP contribution in [0.5, 0.6) is 0 Å². The number of pyridine rings is 1. The van der Waals surface area contributed by atoms with Crippen LogP contribution >= 0.6 is 0 Å². The van der Waals surface area contributed by atoms with Gasteiger partial charge in [-0.2, -0.15) is 5.10 Å². The fraction of sp³-hybridized carbons (Fsp3) is 0.385. The summed E-state index contributed by atoms with van der Waals surface area (Å²) in [6.07, 6.45) is 3.94. The molecule has 0 spiro atoms. The second-order valence-electron chi connectivity index (χ2n) is 4.27. The fourth-order valence-corrected chi connectivity index (χ4v) is 1.81. The first kappa shape index (κ1) is 12.7. The van der Waals surface area contributed by atoms with Crippen molar-refractivity contribution in [2.75, 3.05) is 6.54 Å². The monoisotopic (exact) mass is 248 g/mol. The second kappa shape index (κ2) is 5.73. The van der Waals surface area contributed by atoms with Gasteiger partial charge in [-0.15, -0.1) is 0 Å². The lowest BCUT2D eigenvalue weighted by molar-refractivity contribution is 0.548. The predicted molar refractivity (Wildman–Crippen MR) is 67.5 cm³/mol. The highest BCUT2D eigenvalue weighted by molar-refractivity contribution is 5.09. The van der Waals surface area contributed by atoms with Crippen LogP contribution < -0.4 is 5.32 Å². The van der Waals surface area contributed by atoms with Crippen LogP contribution in [0.4, 0.5) is 4.39 Å². The smallest absolute Gasteiger partial charge is 0.141 e. The minimum absolute atomic E-state index is 0.110. The summed E-state index contributed by atoms with van der Waals surface area (Å²) in [5.74, 6) is -0.305. The summed E-state index contributed by atoms with van der Waals surface area (Å²) in [7, 11) is 1.93. The van der Waals surface area contributed by atoms with Crippen LogP contribution in [0.25, 0.3) is 0 Å². The molecule has 0 bridgehead atoms. The second-order valence-corrected chi connectivity index (χ2v) is 4.27. The third kappa shape index (κ3) is 3.13. The molecule has 2 rings (SSSR count). The molecule has 0 saturated carbocycles. The fourth-order valence-electron chi connectivity index (χ4n) is 1.81. The van der Waals surface area contributed by atoms with E-state index in [9.17, 15) is 4.39 Å². The van der Waals surface area contributed by atoms with Crippen LogP contribution in [0.1, 0.15) is 24.4 Å². The van der Waals surface area contributed by atoms with Crippen molar-refractivity contribution in [3.8, 4) is 0 Å². The maximum Gasteiger partial charge on any atom is 0.141 e. The van der Waals surface area contributed by atoms with E-state index in [0.717, 1.165) is 18.7 Å². The average Bonchev–Trinajstić information content (AvgIpc) is 2.76. The number of halogens is 1. The van der Waals surface area contributed by atoms with Gasteiger partial charge in [0.15, 0.2) is 0 Å². The molecule has 1 N–H and O–H groups in total. The zero-order chi connectivity index (χ0) is 13.0. The van der Waals surface area contributed by atoms with Crippen LogP contribution in [0.15, 0.2) is 30.6 Å². The van der Waals surface area contributed by atoms with E-state index in [2.05, 4.69) is 15.4 Å². The Morgan fingerprint density at radius 1 is 1.39 bits per heavy atom.